The van der Waals surface area contributed by atoms with Crippen LogP contribution in [0.5, 0.6) is 0 Å². The normalized spacial score (nSPS) is 40.3. The lowest BCUT2D eigenvalue weighted by atomic mass is 9.77. The topological polar surface area (TPSA) is 266 Å². The van der Waals surface area contributed by atoms with Crippen LogP contribution < -0.4 is 11.2 Å². The smallest absolute Gasteiger partial charge is 0.328 e. The van der Waals surface area contributed by atoms with Gasteiger partial charge in [-0.25, -0.2) is 4.79 Å². The molecule has 6 N–H and O–H groups in total. The van der Waals surface area contributed by atoms with Crippen LogP contribution in [0.4, 0.5) is 0 Å². The quantitative estimate of drug-likeness (QED) is 0.142. The first-order valence-electron chi connectivity index (χ1n) is 24.6. The lowest BCUT2D eigenvalue weighted by molar-refractivity contribution is -0.301. The SMILES string of the molecule is CC[C@H]1OC(=O)[C@H](C)[C@@H](OC[C@H]2C[C@@](C)(OC)[C@@H](O)[C@H](C)O2)[C@H](C)[C@@H](O[C@@H]2O[C@H](C)C[C@H](N(C)CCc3cn(CCn4ccc(=O)[nH]c4=O)nn3)[C@H]2O)[C@](C)(O)C[C@@H](C)CN(C)[C@H](C)[C@@H](O)[C@]1(C)O. The molecule has 69 heavy (non-hydrogen) atoms. The molecule has 3 fully saturated rings. The summed E-state index contributed by atoms with van der Waals surface area (Å²) in [6.07, 6.45) is -4.52. The molecular formula is C48H83N7O14. The van der Waals surface area contributed by atoms with E-state index in [1.807, 2.05) is 44.7 Å². The minimum Gasteiger partial charge on any atom is -0.459 e. The monoisotopic (exact) mass is 982 g/mol. The number of cyclic esters (lactones) is 1. The zero-order valence-electron chi connectivity index (χ0n) is 43.1. The van der Waals surface area contributed by atoms with Crippen LogP contribution in [0.3, 0.4) is 0 Å². The lowest BCUT2D eigenvalue weighted by Gasteiger charge is -2.48. The Hall–Kier alpha value is -3.19. The number of methoxy groups -OCH3 is 1. The number of aromatic nitrogens is 5. The van der Waals surface area contributed by atoms with Crippen molar-refractivity contribution in [2.24, 2.45) is 17.8 Å². The zero-order chi connectivity index (χ0) is 51.3. The Morgan fingerprint density at radius 3 is 2.33 bits per heavy atom. The summed E-state index contributed by atoms with van der Waals surface area (Å²) in [5.41, 5.74) is -4.67. The van der Waals surface area contributed by atoms with Gasteiger partial charge >= 0.3 is 11.7 Å². The summed E-state index contributed by atoms with van der Waals surface area (Å²) in [5, 5.41) is 67.9. The van der Waals surface area contributed by atoms with Crippen molar-refractivity contribution >= 4 is 5.97 Å². The van der Waals surface area contributed by atoms with Crippen molar-refractivity contribution in [3.05, 3.63) is 45.0 Å². The molecule has 21 heteroatoms. The first-order valence-corrected chi connectivity index (χ1v) is 24.6. The van der Waals surface area contributed by atoms with Gasteiger partial charge in [0.15, 0.2) is 6.29 Å². The molecule has 3 saturated heterocycles. The molecule has 394 valence electrons. The van der Waals surface area contributed by atoms with Crippen LogP contribution >= 0.6 is 0 Å². The number of aromatic amines is 1. The third-order valence-corrected chi connectivity index (χ3v) is 15.2. The highest BCUT2D eigenvalue weighted by molar-refractivity contribution is 5.73. The lowest BCUT2D eigenvalue weighted by Crippen LogP contribution is -2.60. The number of aliphatic hydroxyl groups excluding tert-OH is 3. The highest BCUT2D eigenvalue weighted by Crippen LogP contribution is 2.39. The molecule has 0 aromatic carbocycles. The molecule has 21 nitrogen and oxygen atoms in total. The average Bonchev–Trinajstić information content (AvgIpc) is 3.75. The molecule has 0 spiro atoms. The van der Waals surface area contributed by atoms with Gasteiger partial charge in [-0.05, 0) is 87.7 Å². The molecule has 3 aliphatic rings. The van der Waals surface area contributed by atoms with Gasteiger partial charge in [0.1, 0.15) is 30.0 Å². The summed E-state index contributed by atoms with van der Waals surface area (Å²) in [7, 11) is 5.26. The Balaban J connectivity index is 1.42. The van der Waals surface area contributed by atoms with E-state index in [2.05, 4.69) is 15.3 Å². The minimum atomic E-state index is -1.83. The second kappa shape index (κ2) is 23.6. The second-order valence-electron chi connectivity index (χ2n) is 21.1. The number of carbonyl (C=O) groups is 1. The fourth-order valence-electron chi connectivity index (χ4n) is 10.8. The summed E-state index contributed by atoms with van der Waals surface area (Å²) >= 11 is 0. The molecule has 2 aromatic heterocycles. The van der Waals surface area contributed by atoms with Crippen LogP contribution in [-0.4, -0.2) is 197 Å². The van der Waals surface area contributed by atoms with Crippen molar-refractivity contribution in [2.45, 2.75) is 205 Å². The predicted octanol–water partition coefficient (Wildman–Crippen LogP) is 0.698. The van der Waals surface area contributed by atoms with Crippen LogP contribution in [0.15, 0.2) is 28.0 Å². The molecule has 0 radical (unpaired) electrons. The number of likely N-dealkylation sites (N-methyl/N-ethyl adjacent to an activating group) is 2. The maximum Gasteiger partial charge on any atom is 0.328 e. The van der Waals surface area contributed by atoms with E-state index in [0.29, 0.717) is 38.2 Å². The van der Waals surface area contributed by atoms with Crippen LogP contribution in [0.2, 0.25) is 0 Å². The first kappa shape index (κ1) is 56.7. The average molecular weight is 982 g/mol. The van der Waals surface area contributed by atoms with Crippen molar-refractivity contribution < 1.29 is 58.7 Å². The van der Waals surface area contributed by atoms with Crippen molar-refractivity contribution in [2.75, 3.05) is 40.9 Å². The molecule has 18 atom stereocenters. The second-order valence-corrected chi connectivity index (χ2v) is 21.1. The van der Waals surface area contributed by atoms with Gasteiger partial charge in [0.25, 0.3) is 5.56 Å². The third-order valence-electron chi connectivity index (χ3n) is 15.2. The molecule has 0 bridgehead atoms. The van der Waals surface area contributed by atoms with Gasteiger partial charge in [0.05, 0.1) is 66.5 Å². The summed E-state index contributed by atoms with van der Waals surface area (Å²) < 4.78 is 41.1. The molecule has 3 aliphatic heterocycles. The van der Waals surface area contributed by atoms with E-state index in [-0.39, 0.29) is 44.4 Å². The van der Waals surface area contributed by atoms with Gasteiger partial charge < -0.3 is 63.8 Å². The van der Waals surface area contributed by atoms with Crippen molar-refractivity contribution in [3.8, 4) is 0 Å². The highest BCUT2D eigenvalue weighted by Gasteiger charge is 2.51. The number of esters is 1. The Bertz CT molecular complexity index is 2070. The van der Waals surface area contributed by atoms with Gasteiger partial charge in [-0.2, -0.15) is 0 Å². The number of hydrogen-bond donors (Lipinski definition) is 6. The molecule has 2 aromatic rings. The number of rotatable bonds is 14. The van der Waals surface area contributed by atoms with Gasteiger partial charge in [-0.15, -0.1) is 5.10 Å². The number of hydrogen-bond acceptors (Lipinski definition) is 18. The van der Waals surface area contributed by atoms with E-state index in [9.17, 15) is 39.9 Å². The van der Waals surface area contributed by atoms with E-state index in [1.165, 1.54) is 30.9 Å². The van der Waals surface area contributed by atoms with Crippen molar-refractivity contribution in [1.82, 2.24) is 34.3 Å². The molecule has 0 unspecified atom stereocenters. The molecule has 0 amide bonds. The maximum atomic E-state index is 14.4. The number of nitrogens with one attached hydrogen (secondary N) is 1. The maximum absolute atomic E-state index is 14.4. The summed E-state index contributed by atoms with van der Waals surface area (Å²) in [6.45, 7) is 19.1. The van der Waals surface area contributed by atoms with E-state index in [4.69, 9.17) is 28.4 Å². The van der Waals surface area contributed by atoms with Crippen molar-refractivity contribution in [3.63, 3.8) is 0 Å². The van der Waals surface area contributed by atoms with E-state index in [1.54, 1.807) is 52.4 Å². The number of carbonyl (C=O) groups excluding carboxylic acids is 1. The largest absolute Gasteiger partial charge is 0.459 e. The van der Waals surface area contributed by atoms with Crippen LogP contribution in [0, 0.1) is 17.8 Å². The number of ether oxygens (including phenoxy) is 6. The summed E-state index contributed by atoms with van der Waals surface area (Å²) in [4.78, 5) is 44.2. The van der Waals surface area contributed by atoms with Crippen LogP contribution in [-0.2, 0) is 52.7 Å². The fraction of sp³-hybridized carbons (Fsp3) is 0.854. The number of aryl methyl sites for hydroxylation is 2. The Labute approximate surface area is 406 Å². The van der Waals surface area contributed by atoms with E-state index >= 15 is 0 Å². The van der Waals surface area contributed by atoms with Crippen LogP contribution in [0.25, 0.3) is 0 Å². The van der Waals surface area contributed by atoms with Gasteiger partial charge in [0, 0.05) is 76.0 Å². The van der Waals surface area contributed by atoms with E-state index < -0.39 is 113 Å². The molecule has 5 rings (SSSR count). The van der Waals surface area contributed by atoms with Crippen LogP contribution in [0.1, 0.15) is 101 Å². The highest BCUT2D eigenvalue weighted by atomic mass is 16.7. The van der Waals surface area contributed by atoms with Gasteiger partial charge in [0.2, 0.25) is 0 Å². The van der Waals surface area contributed by atoms with Gasteiger partial charge in [-0.1, -0.05) is 26.0 Å². The third kappa shape index (κ3) is 13.7. The summed E-state index contributed by atoms with van der Waals surface area (Å²) in [5.74, 6) is -2.69. The van der Waals surface area contributed by atoms with Gasteiger partial charge in [-0.3, -0.25) is 23.8 Å². The Morgan fingerprint density at radius 1 is 0.986 bits per heavy atom. The number of H-pyrrole nitrogens is 1. The first-order chi connectivity index (χ1) is 32.2. The zero-order valence-corrected chi connectivity index (χ0v) is 43.1. The Kier molecular flexibility index (Phi) is 19.4. The molecule has 5 heterocycles. The Morgan fingerprint density at radius 2 is 1.68 bits per heavy atom. The number of aliphatic hydroxyl groups is 5. The van der Waals surface area contributed by atoms with Crippen molar-refractivity contribution in [1.29, 1.82) is 0 Å². The molecule has 0 aliphatic carbocycles. The standard InChI is InChI=1S/C48H83N7O14/c1-14-36-48(10,63)40(58)31(6)53(12)24-27(2)22-46(8,62)42(29(4)39(30(5)43(60)68-36)65-26-34-23-47(9,64-13)41(59)32(7)67-34)69-44-38(57)35(21-28(3)66-44)52(11)17-15-33-25-55(51-50-33)20-19-54-18-16-37(56)49-45(54)61/h16,18,25,27-32,34-36,38-42,44,57-59,62-63H,14-15,17,19-24,26H2,1-13H3,(H,49,56,61)/t27-,28-,29+,30-,31-,32+,34-,35+,36-,38-,39+,40-,41+,42-,44+,46-,47-,48-/m1/s1. The molecule has 0 saturated carbocycles. The summed E-state index contributed by atoms with van der Waals surface area (Å²) in [6, 6.07) is 0.262. The minimum absolute atomic E-state index is 0.0286. The fourth-order valence-corrected chi connectivity index (χ4v) is 10.8. The predicted molar refractivity (Wildman–Crippen MR) is 253 cm³/mol. The molecular weight excluding hydrogens is 899 g/mol. The van der Waals surface area contributed by atoms with E-state index in [0.717, 1.165) is 0 Å². The number of nitrogens with zero attached hydrogens (tertiary/aromatic N) is 6.